The third kappa shape index (κ3) is 3.81. The number of benzene rings is 1. The number of carbonyl (C=O) groups excluding carboxylic acids is 2. The van der Waals surface area contributed by atoms with Crippen LogP contribution < -0.4 is 11.1 Å². The molecule has 3 N–H and O–H groups in total. The summed E-state index contributed by atoms with van der Waals surface area (Å²) in [6.07, 6.45) is 1.29. The van der Waals surface area contributed by atoms with Gasteiger partial charge >= 0.3 is 0 Å². The summed E-state index contributed by atoms with van der Waals surface area (Å²) in [6.45, 7) is 0. The molecule has 21 heavy (non-hydrogen) atoms. The van der Waals surface area contributed by atoms with Crippen LogP contribution in [0.1, 0.15) is 20.8 Å². The number of pyridine rings is 1. The van der Waals surface area contributed by atoms with Gasteiger partial charge in [-0.3, -0.25) is 14.6 Å². The van der Waals surface area contributed by atoms with Crippen LogP contribution >= 0.6 is 11.8 Å². The van der Waals surface area contributed by atoms with E-state index in [4.69, 9.17) is 11.0 Å². The molecule has 1 aromatic carbocycles. The van der Waals surface area contributed by atoms with Crippen LogP contribution in [-0.2, 0) is 0 Å². The van der Waals surface area contributed by atoms with Crippen LogP contribution in [0.5, 0.6) is 0 Å². The molecule has 0 bridgehead atoms. The van der Waals surface area contributed by atoms with Crippen molar-refractivity contribution in [3.05, 3.63) is 53.9 Å². The Kier molecular flexibility index (Phi) is 4.53. The molecule has 0 saturated carbocycles. The number of nitrogens with one attached hydrogen (secondary N) is 1. The van der Waals surface area contributed by atoms with Gasteiger partial charge in [0.05, 0.1) is 5.56 Å². The van der Waals surface area contributed by atoms with Gasteiger partial charge in [-0.1, -0.05) is 0 Å². The number of thiocyanates is 1. The first-order valence-electron chi connectivity index (χ1n) is 5.83. The fourth-order valence-electron chi connectivity index (χ4n) is 1.54. The number of carbonyl (C=O) groups is 2. The smallest absolute Gasteiger partial charge is 0.267 e. The van der Waals surface area contributed by atoms with Crippen molar-refractivity contribution in [3.8, 4) is 5.40 Å². The van der Waals surface area contributed by atoms with Crippen molar-refractivity contribution in [3.63, 3.8) is 0 Å². The first kappa shape index (κ1) is 14.6. The van der Waals surface area contributed by atoms with Crippen molar-refractivity contribution in [2.45, 2.75) is 4.90 Å². The summed E-state index contributed by atoms with van der Waals surface area (Å²) in [4.78, 5) is 27.5. The van der Waals surface area contributed by atoms with E-state index < -0.39 is 5.91 Å². The van der Waals surface area contributed by atoms with Gasteiger partial charge < -0.3 is 11.1 Å². The number of aromatic nitrogens is 1. The van der Waals surface area contributed by atoms with Crippen molar-refractivity contribution >= 4 is 29.3 Å². The Morgan fingerprint density at radius 2 is 1.90 bits per heavy atom. The minimum atomic E-state index is -0.646. The number of nitriles is 1. The molecular weight excluding hydrogens is 288 g/mol. The lowest BCUT2D eigenvalue weighted by atomic mass is 10.2. The van der Waals surface area contributed by atoms with Gasteiger partial charge in [0, 0.05) is 16.8 Å². The van der Waals surface area contributed by atoms with Crippen molar-refractivity contribution in [2.24, 2.45) is 5.73 Å². The Labute approximate surface area is 125 Å². The fraction of sp³-hybridized carbons (Fsp3) is 0. The lowest BCUT2D eigenvalue weighted by Crippen LogP contribution is -2.15. The molecule has 0 atom stereocenters. The Hall–Kier alpha value is -2.85. The van der Waals surface area contributed by atoms with Crippen LogP contribution in [0.3, 0.4) is 0 Å². The number of hydrogen-bond donors (Lipinski definition) is 2. The summed E-state index contributed by atoms with van der Waals surface area (Å²) < 4.78 is 0. The second-order valence-corrected chi connectivity index (χ2v) is 4.83. The van der Waals surface area contributed by atoms with E-state index in [1.165, 1.54) is 18.3 Å². The Bertz CT molecular complexity index is 705. The molecule has 0 aliphatic rings. The first-order chi connectivity index (χ1) is 10.1. The van der Waals surface area contributed by atoms with E-state index in [1.807, 2.05) is 5.40 Å². The van der Waals surface area contributed by atoms with Gasteiger partial charge in [0.2, 0.25) is 0 Å². The summed E-state index contributed by atoms with van der Waals surface area (Å²) in [5.74, 6) is -0.994. The van der Waals surface area contributed by atoms with E-state index in [1.54, 1.807) is 24.3 Å². The molecule has 0 radical (unpaired) electrons. The topological polar surface area (TPSA) is 109 Å². The third-order valence-electron chi connectivity index (χ3n) is 2.55. The minimum Gasteiger partial charge on any atom is -0.364 e. The summed E-state index contributed by atoms with van der Waals surface area (Å²) >= 11 is 1.04. The Balaban J connectivity index is 2.07. The number of primary amides is 1. The van der Waals surface area contributed by atoms with Gasteiger partial charge in [-0.05, 0) is 48.2 Å². The third-order valence-corrected chi connectivity index (χ3v) is 3.15. The zero-order valence-corrected chi connectivity index (χ0v) is 11.6. The maximum Gasteiger partial charge on any atom is 0.267 e. The summed E-state index contributed by atoms with van der Waals surface area (Å²) in [5.41, 5.74) is 6.09. The highest BCUT2D eigenvalue weighted by molar-refractivity contribution is 8.03. The molecular formula is C14H10N4O2S. The second kappa shape index (κ2) is 6.54. The molecule has 7 heteroatoms. The molecule has 2 amide bonds. The largest absolute Gasteiger partial charge is 0.364 e. The quantitative estimate of drug-likeness (QED) is 0.663. The average Bonchev–Trinajstić information content (AvgIpc) is 2.49. The van der Waals surface area contributed by atoms with Crippen molar-refractivity contribution in [1.82, 2.24) is 4.98 Å². The zero-order chi connectivity index (χ0) is 15.2. The molecule has 0 spiro atoms. The van der Waals surface area contributed by atoms with Crippen LogP contribution in [0.4, 0.5) is 5.69 Å². The standard InChI is InChI=1S/C14H10N4O2S/c15-8-21-11-4-2-10(3-5-11)18-14(20)9-1-6-12(13(16)19)17-7-9/h1-7H,(H2,16,19)(H,18,20). The highest BCUT2D eigenvalue weighted by Gasteiger charge is 2.08. The SMILES string of the molecule is N#CSc1ccc(NC(=O)c2ccc(C(N)=O)nc2)cc1. The number of nitrogens with zero attached hydrogens (tertiary/aromatic N) is 2. The predicted molar refractivity (Wildman–Crippen MR) is 78.6 cm³/mol. The molecule has 0 aliphatic heterocycles. The predicted octanol–water partition coefficient (Wildman–Crippen LogP) is 2.01. The molecule has 0 aliphatic carbocycles. The van der Waals surface area contributed by atoms with Crippen molar-refractivity contribution in [1.29, 1.82) is 5.26 Å². The molecule has 0 saturated heterocycles. The molecule has 1 heterocycles. The molecule has 6 nitrogen and oxygen atoms in total. The van der Waals surface area contributed by atoms with Gasteiger partial charge in [0.1, 0.15) is 11.1 Å². The number of anilines is 1. The van der Waals surface area contributed by atoms with E-state index in [0.29, 0.717) is 11.3 Å². The Morgan fingerprint density at radius 1 is 1.19 bits per heavy atom. The van der Waals surface area contributed by atoms with Gasteiger partial charge in [0.15, 0.2) is 0 Å². The van der Waals surface area contributed by atoms with E-state index in [0.717, 1.165) is 16.7 Å². The van der Waals surface area contributed by atoms with E-state index >= 15 is 0 Å². The van der Waals surface area contributed by atoms with E-state index in [2.05, 4.69) is 10.3 Å². The second-order valence-electron chi connectivity index (χ2n) is 3.97. The summed E-state index contributed by atoms with van der Waals surface area (Å²) in [6, 6.07) is 9.73. The van der Waals surface area contributed by atoms with Crippen LogP contribution in [0.15, 0.2) is 47.5 Å². The number of rotatable bonds is 4. The molecule has 0 unspecified atom stereocenters. The van der Waals surface area contributed by atoms with Crippen molar-refractivity contribution < 1.29 is 9.59 Å². The fourth-order valence-corrected chi connectivity index (χ4v) is 1.91. The highest BCUT2D eigenvalue weighted by Crippen LogP contribution is 2.19. The molecule has 2 rings (SSSR count). The number of thioether (sulfide) groups is 1. The molecule has 1 aromatic heterocycles. The van der Waals surface area contributed by atoms with Crippen LogP contribution in [-0.4, -0.2) is 16.8 Å². The number of amides is 2. The monoisotopic (exact) mass is 298 g/mol. The van der Waals surface area contributed by atoms with Crippen LogP contribution in [0.2, 0.25) is 0 Å². The zero-order valence-electron chi connectivity index (χ0n) is 10.7. The maximum absolute atomic E-state index is 12.0. The highest BCUT2D eigenvalue weighted by atomic mass is 32.2. The van der Waals surface area contributed by atoms with Gasteiger partial charge in [-0.15, -0.1) is 0 Å². The number of nitrogens with two attached hydrogens (primary N) is 1. The van der Waals surface area contributed by atoms with Crippen LogP contribution in [0.25, 0.3) is 0 Å². The average molecular weight is 298 g/mol. The molecule has 2 aromatic rings. The van der Waals surface area contributed by atoms with Gasteiger partial charge in [0.25, 0.3) is 11.8 Å². The van der Waals surface area contributed by atoms with Crippen LogP contribution in [0, 0.1) is 10.7 Å². The lowest BCUT2D eigenvalue weighted by Gasteiger charge is -2.05. The normalized spacial score (nSPS) is 9.67. The molecule has 0 fully saturated rings. The van der Waals surface area contributed by atoms with Crippen molar-refractivity contribution in [2.75, 3.05) is 5.32 Å². The lowest BCUT2D eigenvalue weighted by molar-refractivity contribution is 0.0990. The first-order valence-corrected chi connectivity index (χ1v) is 6.65. The molecule has 104 valence electrons. The minimum absolute atomic E-state index is 0.101. The van der Waals surface area contributed by atoms with Gasteiger partial charge in [-0.2, -0.15) is 5.26 Å². The summed E-state index contributed by atoms with van der Waals surface area (Å²) in [7, 11) is 0. The van der Waals surface area contributed by atoms with Gasteiger partial charge in [-0.25, -0.2) is 0 Å². The number of hydrogen-bond acceptors (Lipinski definition) is 5. The van der Waals surface area contributed by atoms with E-state index in [-0.39, 0.29) is 11.6 Å². The maximum atomic E-state index is 12.0. The van der Waals surface area contributed by atoms with E-state index in [9.17, 15) is 9.59 Å². The Morgan fingerprint density at radius 3 is 2.43 bits per heavy atom. The summed E-state index contributed by atoms with van der Waals surface area (Å²) in [5, 5.41) is 13.2.